The van der Waals surface area contributed by atoms with E-state index < -0.39 is 0 Å². The van der Waals surface area contributed by atoms with Gasteiger partial charge in [-0.1, -0.05) is 53.7 Å². The third-order valence-electron chi connectivity index (χ3n) is 7.86. The Morgan fingerprint density at radius 3 is 2.44 bits per heavy atom. The molecule has 3 heterocycles. The molecule has 2 fully saturated rings. The predicted octanol–water partition coefficient (Wildman–Crippen LogP) is 2.43. The summed E-state index contributed by atoms with van der Waals surface area (Å²) in [6.07, 6.45) is 4.63. The van der Waals surface area contributed by atoms with Gasteiger partial charge in [-0.15, -0.1) is 0 Å². The summed E-state index contributed by atoms with van der Waals surface area (Å²) in [5.74, 6) is -0.293. The fourth-order valence-corrected chi connectivity index (χ4v) is 5.43. The summed E-state index contributed by atoms with van der Waals surface area (Å²) < 4.78 is 15.1. The number of anilines is 1. The topological polar surface area (TPSA) is 80.7 Å². The molecule has 10 heteroatoms. The molecule has 1 atom stereocenters. The third kappa shape index (κ3) is 7.92. The van der Waals surface area contributed by atoms with E-state index >= 15 is 4.39 Å². The first kappa shape index (κ1) is 28.8. The molecule has 0 aliphatic carbocycles. The van der Waals surface area contributed by atoms with Crippen molar-refractivity contribution in [1.82, 2.24) is 20.0 Å². The van der Waals surface area contributed by atoms with Crippen molar-refractivity contribution in [3.05, 3.63) is 71.6 Å². The fourth-order valence-electron chi connectivity index (χ4n) is 5.43. The van der Waals surface area contributed by atoms with E-state index in [0.29, 0.717) is 62.7 Å². The molecule has 1 unspecified atom stereocenters. The van der Waals surface area contributed by atoms with Gasteiger partial charge in [0.2, 0.25) is 11.8 Å². The number of halogens is 1. The van der Waals surface area contributed by atoms with E-state index in [1.165, 1.54) is 18.6 Å². The number of carbonyl (C=O) groups excluding carboxylic acids is 2. The maximum absolute atomic E-state index is 15.1. The average molecular weight is 563 g/mol. The Balaban J connectivity index is 1.03. The molecule has 218 valence electrons. The van der Waals surface area contributed by atoms with Gasteiger partial charge in [0.1, 0.15) is 11.9 Å². The van der Waals surface area contributed by atoms with Gasteiger partial charge in [-0.3, -0.25) is 19.4 Å². The van der Waals surface area contributed by atoms with Crippen LogP contribution in [0, 0.1) is 5.82 Å². The van der Waals surface area contributed by atoms with Crippen LogP contribution < -0.4 is 10.2 Å². The zero-order valence-corrected chi connectivity index (χ0v) is 23.7. The maximum atomic E-state index is 15.1. The summed E-state index contributed by atoms with van der Waals surface area (Å²) in [6, 6.07) is 15.4. The molecule has 2 aromatic carbocycles. The number of oxime groups is 1. The van der Waals surface area contributed by atoms with E-state index in [1.54, 1.807) is 6.07 Å². The van der Waals surface area contributed by atoms with Crippen LogP contribution in [0.2, 0.25) is 0 Å². The summed E-state index contributed by atoms with van der Waals surface area (Å²) >= 11 is 0. The minimum Gasteiger partial charge on any atom is -0.390 e. The van der Waals surface area contributed by atoms with E-state index in [4.69, 9.17) is 4.84 Å². The number of benzene rings is 2. The lowest BCUT2D eigenvalue weighted by Crippen LogP contribution is -2.54. The molecule has 9 nitrogen and oxygen atoms in total. The highest BCUT2D eigenvalue weighted by atomic mass is 19.1. The number of nitrogens with one attached hydrogen (secondary N) is 1. The lowest BCUT2D eigenvalue weighted by molar-refractivity contribution is -0.133. The first-order valence-corrected chi connectivity index (χ1v) is 14.4. The van der Waals surface area contributed by atoms with Crippen LogP contribution in [0.3, 0.4) is 0 Å². The Labute approximate surface area is 241 Å². The number of carbonyl (C=O) groups is 2. The zero-order valence-electron chi connectivity index (χ0n) is 23.7. The Bertz CT molecular complexity index is 1250. The summed E-state index contributed by atoms with van der Waals surface area (Å²) in [4.78, 5) is 38.1. The van der Waals surface area contributed by atoms with Gasteiger partial charge in [0, 0.05) is 77.8 Å². The van der Waals surface area contributed by atoms with Crippen molar-refractivity contribution in [2.75, 3.05) is 76.9 Å². The highest BCUT2D eigenvalue weighted by molar-refractivity contribution is 6.01. The van der Waals surface area contributed by atoms with Crippen LogP contribution in [0.15, 0.2) is 59.8 Å². The molecule has 2 amide bonds. The molecule has 5 rings (SSSR count). The van der Waals surface area contributed by atoms with Crippen molar-refractivity contribution < 1.29 is 18.8 Å². The van der Waals surface area contributed by atoms with Crippen LogP contribution in [0.5, 0.6) is 0 Å². The average Bonchev–Trinajstić information content (AvgIpc) is 3.47. The van der Waals surface area contributed by atoms with Crippen LogP contribution >= 0.6 is 0 Å². The predicted molar refractivity (Wildman–Crippen MR) is 158 cm³/mol. The van der Waals surface area contributed by atoms with Gasteiger partial charge in [0.05, 0.1) is 24.5 Å². The highest BCUT2D eigenvalue weighted by Crippen LogP contribution is 2.25. The first-order valence-electron chi connectivity index (χ1n) is 14.4. The lowest BCUT2D eigenvalue weighted by atomic mass is 10.0. The van der Waals surface area contributed by atoms with Crippen LogP contribution in [0.25, 0.3) is 6.08 Å². The maximum Gasteiger partial charge on any atom is 0.236 e. The molecule has 0 radical (unpaired) electrons. The third-order valence-corrected chi connectivity index (χ3v) is 7.86. The van der Waals surface area contributed by atoms with Crippen molar-refractivity contribution in [2.24, 2.45) is 5.16 Å². The van der Waals surface area contributed by atoms with E-state index in [-0.39, 0.29) is 23.7 Å². The number of amides is 2. The number of hydrogen-bond acceptors (Lipinski definition) is 7. The van der Waals surface area contributed by atoms with Crippen LogP contribution in [0.4, 0.5) is 10.1 Å². The van der Waals surface area contributed by atoms with Crippen LogP contribution in [-0.2, 0) is 14.4 Å². The van der Waals surface area contributed by atoms with Gasteiger partial charge < -0.3 is 20.0 Å². The number of hydrogen-bond donors (Lipinski definition) is 1. The second-order valence-corrected chi connectivity index (χ2v) is 10.8. The van der Waals surface area contributed by atoms with E-state index in [0.717, 1.165) is 32.7 Å². The molecule has 0 aromatic heterocycles. The Hall–Kier alpha value is -3.76. The van der Waals surface area contributed by atoms with Gasteiger partial charge >= 0.3 is 0 Å². The number of piperazine rings is 2. The van der Waals surface area contributed by atoms with Gasteiger partial charge in [-0.2, -0.15) is 0 Å². The molecular formula is C31H39FN6O3. The highest BCUT2D eigenvalue weighted by Gasteiger charge is 2.27. The molecule has 2 saturated heterocycles. The Kier molecular flexibility index (Phi) is 9.63. The SMILES string of the molecule is CC(=O)NCC1CC(c2ccc(N3CCN(C(=O)CN4CCN(CC=Cc5ccccc5)CC4)CC3)c(F)c2)=NO1. The van der Waals surface area contributed by atoms with E-state index in [2.05, 4.69) is 44.6 Å². The number of nitrogens with zero attached hydrogens (tertiary/aromatic N) is 5. The van der Waals surface area contributed by atoms with Crippen molar-refractivity contribution in [2.45, 2.75) is 19.4 Å². The molecule has 0 saturated carbocycles. The minimum absolute atomic E-state index is 0.124. The monoisotopic (exact) mass is 562 g/mol. The Morgan fingerprint density at radius 2 is 1.73 bits per heavy atom. The minimum atomic E-state index is -0.313. The molecule has 3 aliphatic heterocycles. The van der Waals surface area contributed by atoms with Gasteiger partial charge in [-0.25, -0.2) is 4.39 Å². The standard InChI is InChI=1S/C31H39FN6O3/c1-24(39)33-22-27-21-29(34-41-27)26-9-10-30(28(32)20-26)37-16-18-38(19-17-37)31(40)23-36-14-12-35(13-15-36)11-5-8-25-6-3-2-4-7-25/h2-10,20,27H,11-19,21-23H2,1H3,(H,33,39). The van der Waals surface area contributed by atoms with Crippen molar-refractivity contribution >= 4 is 29.3 Å². The van der Waals surface area contributed by atoms with E-state index in [1.807, 2.05) is 34.1 Å². The molecule has 2 aromatic rings. The molecule has 0 bridgehead atoms. The largest absolute Gasteiger partial charge is 0.390 e. The van der Waals surface area contributed by atoms with Crippen LogP contribution in [-0.4, -0.2) is 110 Å². The summed E-state index contributed by atoms with van der Waals surface area (Å²) in [6.45, 7) is 9.17. The second kappa shape index (κ2) is 13.7. The van der Waals surface area contributed by atoms with Crippen LogP contribution in [0.1, 0.15) is 24.5 Å². The smallest absolute Gasteiger partial charge is 0.236 e. The van der Waals surface area contributed by atoms with Gasteiger partial charge in [0.15, 0.2) is 0 Å². The zero-order chi connectivity index (χ0) is 28.6. The van der Waals surface area contributed by atoms with Crippen molar-refractivity contribution in [3.63, 3.8) is 0 Å². The first-order chi connectivity index (χ1) is 19.9. The Morgan fingerprint density at radius 1 is 1.00 bits per heavy atom. The number of rotatable bonds is 9. The molecule has 0 spiro atoms. The fraction of sp³-hybridized carbons (Fsp3) is 0.452. The van der Waals surface area contributed by atoms with Crippen molar-refractivity contribution in [3.8, 4) is 0 Å². The summed E-state index contributed by atoms with van der Waals surface area (Å²) in [7, 11) is 0. The second-order valence-electron chi connectivity index (χ2n) is 10.8. The molecule has 3 aliphatic rings. The molecule has 41 heavy (non-hydrogen) atoms. The normalized spacial score (nSPS) is 20.2. The molecular weight excluding hydrogens is 523 g/mol. The van der Waals surface area contributed by atoms with Gasteiger partial charge in [0.25, 0.3) is 0 Å². The van der Waals surface area contributed by atoms with E-state index in [9.17, 15) is 9.59 Å². The molecule has 1 N–H and O–H groups in total. The van der Waals surface area contributed by atoms with Gasteiger partial charge in [-0.05, 0) is 17.7 Å². The van der Waals surface area contributed by atoms with Crippen molar-refractivity contribution in [1.29, 1.82) is 0 Å². The summed E-state index contributed by atoms with van der Waals surface area (Å²) in [5, 5.41) is 6.80. The lowest BCUT2D eigenvalue weighted by Gasteiger charge is -2.38. The summed E-state index contributed by atoms with van der Waals surface area (Å²) in [5.41, 5.74) is 3.09. The quantitative estimate of drug-likeness (QED) is 0.506.